The quantitative estimate of drug-likeness (QED) is 0.850. The van der Waals surface area contributed by atoms with Gasteiger partial charge in [0, 0.05) is 25.2 Å². The van der Waals surface area contributed by atoms with Gasteiger partial charge in [-0.25, -0.2) is 0 Å². The molecule has 2 aliphatic rings. The summed E-state index contributed by atoms with van der Waals surface area (Å²) in [6, 6.07) is 7.68. The maximum Gasteiger partial charge on any atom is 0.248 e. The van der Waals surface area contributed by atoms with Crippen molar-refractivity contribution in [3.05, 3.63) is 35.4 Å². The van der Waals surface area contributed by atoms with Gasteiger partial charge in [-0.15, -0.1) is 0 Å². The van der Waals surface area contributed by atoms with E-state index in [0.29, 0.717) is 11.0 Å². The molecule has 0 aliphatic carbocycles. The Morgan fingerprint density at radius 1 is 1.42 bits per heavy atom. The van der Waals surface area contributed by atoms with Crippen LogP contribution >= 0.6 is 0 Å². The number of carbonyl (C=O) groups is 1. The number of nitrogens with two attached hydrogens (primary N) is 1. The summed E-state index contributed by atoms with van der Waals surface area (Å²) in [4.78, 5) is 13.7. The summed E-state index contributed by atoms with van der Waals surface area (Å²) in [7, 11) is 0. The maximum atomic E-state index is 11.2. The molecule has 3 rings (SSSR count). The second kappa shape index (κ2) is 4.94. The van der Waals surface area contributed by atoms with Crippen LogP contribution in [0.5, 0.6) is 0 Å². The van der Waals surface area contributed by atoms with Gasteiger partial charge in [0.05, 0.1) is 0 Å². The molecule has 1 atom stereocenters. The molecule has 2 aliphatic heterocycles. The minimum Gasteiger partial charge on any atom is -0.366 e. The smallest absolute Gasteiger partial charge is 0.248 e. The third kappa shape index (κ3) is 2.65. The van der Waals surface area contributed by atoms with Crippen LogP contribution in [0.15, 0.2) is 24.3 Å². The molecule has 4 nitrogen and oxygen atoms in total. The standard InChI is InChI=1S/C15H21N3O/c16-14(19)13-3-1-2-12(8-13)9-18-7-5-15(11-18)4-6-17-10-15/h1-3,8,17H,4-7,9-11H2,(H2,16,19). The molecule has 102 valence electrons. The highest BCUT2D eigenvalue weighted by atomic mass is 16.1. The fourth-order valence-electron chi connectivity index (χ4n) is 3.39. The zero-order valence-electron chi connectivity index (χ0n) is 11.2. The molecule has 1 aromatic carbocycles. The van der Waals surface area contributed by atoms with E-state index in [1.54, 1.807) is 6.07 Å². The molecule has 3 N–H and O–H groups in total. The highest BCUT2D eigenvalue weighted by Gasteiger charge is 2.39. The van der Waals surface area contributed by atoms with Gasteiger partial charge >= 0.3 is 0 Å². The van der Waals surface area contributed by atoms with Crippen LogP contribution in [0.3, 0.4) is 0 Å². The van der Waals surface area contributed by atoms with Crippen molar-refractivity contribution in [2.75, 3.05) is 26.2 Å². The third-order valence-electron chi connectivity index (χ3n) is 4.47. The predicted octanol–water partition coefficient (Wildman–Crippen LogP) is 0.971. The van der Waals surface area contributed by atoms with Gasteiger partial charge in [-0.3, -0.25) is 9.69 Å². The Hall–Kier alpha value is -1.39. The molecule has 1 spiro atoms. The number of benzene rings is 1. The highest BCUT2D eigenvalue weighted by Crippen LogP contribution is 2.36. The molecule has 1 unspecified atom stereocenters. The number of carbonyl (C=O) groups excluding carboxylic acids is 1. The monoisotopic (exact) mass is 259 g/mol. The van der Waals surface area contributed by atoms with Gasteiger partial charge in [-0.05, 0) is 49.0 Å². The van der Waals surface area contributed by atoms with E-state index in [4.69, 9.17) is 5.73 Å². The van der Waals surface area contributed by atoms with E-state index in [1.807, 2.05) is 12.1 Å². The second-order valence-electron chi connectivity index (χ2n) is 5.95. The summed E-state index contributed by atoms with van der Waals surface area (Å²) in [5.74, 6) is -0.347. The van der Waals surface area contributed by atoms with Gasteiger partial charge in [0.2, 0.25) is 5.91 Å². The van der Waals surface area contributed by atoms with Crippen molar-refractivity contribution < 1.29 is 4.79 Å². The van der Waals surface area contributed by atoms with Crippen LogP contribution in [0.4, 0.5) is 0 Å². The third-order valence-corrected chi connectivity index (χ3v) is 4.47. The number of nitrogens with one attached hydrogen (secondary N) is 1. The predicted molar refractivity (Wildman–Crippen MR) is 74.8 cm³/mol. The Morgan fingerprint density at radius 3 is 3.05 bits per heavy atom. The largest absolute Gasteiger partial charge is 0.366 e. The minimum absolute atomic E-state index is 0.347. The number of hydrogen-bond acceptors (Lipinski definition) is 3. The van der Waals surface area contributed by atoms with E-state index in [-0.39, 0.29) is 5.91 Å². The lowest BCUT2D eigenvalue weighted by Crippen LogP contribution is -2.29. The second-order valence-corrected chi connectivity index (χ2v) is 5.95. The maximum absolute atomic E-state index is 11.2. The molecule has 0 bridgehead atoms. The summed E-state index contributed by atoms with van der Waals surface area (Å²) >= 11 is 0. The molecule has 19 heavy (non-hydrogen) atoms. The van der Waals surface area contributed by atoms with E-state index in [2.05, 4.69) is 16.3 Å². The van der Waals surface area contributed by atoms with E-state index in [9.17, 15) is 4.79 Å². The molecule has 1 amide bonds. The zero-order chi connectivity index (χ0) is 13.3. The Morgan fingerprint density at radius 2 is 2.32 bits per heavy atom. The number of likely N-dealkylation sites (tertiary alicyclic amines) is 1. The van der Waals surface area contributed by atoms with E-state index in [1.165, 1.54) is 24.9 Å². The molecule has 0 radical (unpaired) electrons. The first kappa shape index (κ1) is 12.6. The summed E-state index contributed by atoms with van der Waals surface area (Å²) in [6.45, 7) is 5.56. The summed E-state index contributed by atoms with van der Waals surface area (Å²) in [5, 5.41) is 3.48. The number of rotatable bonds is 3. The summed E-state index contributed by atoms with van der Waals surface area (Å²) in [6.07, 6.45) is 2.58. The first-order chi connectivity index (χ1) is 9.17. The van der Waals surface area contributed by atoms with Gasteiger partial charge in [0.25, 0.3) is 0 Å². The van der Waals surface area contributed by atoms with Crippen LogP contribution in [0.2, 0.25) is 0 Å². The van der Waals surface area contributed by atoms with Crippen LogP contribution in [0.1, 0.15) is 28.8 Å². The van der Waals surface area contributed by atoms with Gasteiger partial charge in [-0.1, -0.05) is 12.1 Å². The van der Waals surface area contributed by atoms with E-state index < -0.39 is 0 Å². The summed E-state index contributed by atoms with van der Waals surface area (Å²) < 4.78 is 0. The minimum atomic E-state index is -0.347. The first-order valence-corrected chi connectivity index (χ1v) is 6.99. The Kier molecular flexibility index (Phi) is 3.29. The molecule has 2 fully saturated rings. The van der Waals surface area contributed by atoms with Crippen molar-refractivity contribution in [2.45, 2.75) is 19.4 Å². The molecule has 0 aromatic heterocycles. The van der Waals surface area contributed by atoms with Crippen molar-refractivity contribution in [2.24, 2.45) is 11.1 Å². The van der Waals surface area contributed by atoms with Crippen LogP contribution in [-0.2, 0) is 6.54 Å². The van der Waals surface area contributed by atoms with Crippen LogP contribution < -0.4 is 11.1 Å². The Labute approximate surface area is 114 Å². The Balaban J connectivity index is 1.66. The zero-order valence-corrected chi connectivity index (χ0v) is 11.2. The number of hydrogen-bond donors (Lipinski definition) is 2. The van der Waals surface area contributed by atoms with Crippen molar-refractivity contribution in [1.82, 2.24) is 10.2 Å². The van der Waals surface area contributed by atoms with Crippen molar-refractivity contribution in [1.29, 1.82) is 0 Å². The lowest BCUT2D eigenvalue weighted by molar-refractivity contribution is 0.1000. The molecule has 4 heteroatoms. The lowest BCUT2D eigenvalue weighted by atomic mass is 9.86. The van der Waals surface area contributed by atoms with Gasteiger partial charge in [0.1, 0.15) is 0 Å². The molecule has 1 aromatic rings. The number of primary amides is 1. The normalized spacial score (nSPS) is 27.2. The van der Waals surface area contributed by atoms with Crippen LogP contribution in [-0.4, -0.2) is 37.0 Å². The molecule has 2 saturated heterocycles. The fourth-order valence-corrected chi connectivity index (χ4v) is 3.39. The molecular weight excluding hydrogens is 238 g/mol. The number of amides is 1. The van der Waals surface area contributed by atoms with Crippen molar-refractivity contribution in [3.63, 3.8) is 0 Å². The van der Waals surface area contributed by atoms with Crippen molar-refractivity contribution >= 4 is 5.91 Å². The molecule has 2 heterocycles. The van der Waals surface area contributed by atoms with Gasteiger partial charge in [0.15, 0.2) is 0 Å². The first-order valence-electron chi connectivity index (χ1n) is 6.99. The van der Waals surface area contributed by atoms with Crippen LogP contribution in [0, 0.1) is 5.41 Å². The average molecular weight is 259 g/mol. The molecular formula is C15H21N3O. The van der Waals surface area contributed by atoms with E-state index in [0.717, 1.165) is 26.2 Å². The highest BCUT2D eigenvalue weighted by molar-refractivity contribution is 5.92. The van der Waals surface area contributed by atoms with Crippen LogP contribution in [0.25, 0.3) is 0 Å². The van der Waals surface area contributed by atoms with Gasteiger partial charge in [-0.2, -0.15) is 0 Å². The SMILES string of the molecule is NC(=O)c1cccc(CN2CCC3(CCNC3)C2)c1. The average Bonchev–Trinajstić information content (AvgIpc) is 3.01. The fraction of sp³-hybridized carbons (Fsp3) is 0.533. The van der Waals surface area contributed by atoms with E-state index >= 15 is 0 Å². The summed E-state index contributed by atoms with van der Waals surface area (Å²) in [5.41, 5.74) is 7.61. The Bertz CT molecular complexity index is 480. The molecule has 0 saturated carbocycles. The topological polar surface area (TPSA) is 58.4 Å². The van der Waals surface area contributed by atoms with Crippen molar-refractivity contribution in [3.8, 4) is 0 Å². The number of nitrogens with zero attached hydrogens (tertiary/aromatic N) is 1. The lowest BCUT2D eigenvalue weighted by Gasteiger charge is -2.22. The van der Waals surface area contributed by atoms with Gasteiger partial charge < -0.3 is 11.1 Å².